The maximum atomic E-state index is 13.8. The van der Waals surface area contributed by atoms with E-state index >= 15 is 0 Å². The molecule has 0 aliphatic heterocycles. The summed E-state index contributed by atoms with van der Waals surface area (Å²) in [5.41, 5.74) is 2.56. The minimum absolute atomic E-state index is 0.324. The second-order valence-electron chi connectivity index (χ2n) is 5.19. The van der Waals surface area contributed by atoms with Gasteiger partial charge in [-0.05, 0) is 30.3 Å². The lowest BCUT2D eigenvalue weighted by atomic mass is 10.1. The Morgan fingerprint density at radius 2 is 1.78 bits per heavy atom. The molecule has 0 saturated carbocycles. The number of benzene rings is 1. The number of halogens is 1. The van der Waals surface area contributed by atoms with Crippen molar-refractivity contribution in [3.63, 3.8) is 0 Å². The molecule has 0 aliphatic carbocycles. The standard InChI is InChI=1S/C17H12FN5/c1-23-8-7-20-17(23)15-5-4-14(21-22-15)13-10-12(18)9-11-3-2-6-19-16(11)13/h2-10H,1H3. The van der Waals surface area contributed by atoms with Crippen molar-refractivity contribution in [1.29, 1.82) is 0 Å². The molecule has 6 heteroatoms. The summed E-state index contributed by atoms with van der Waals surface area (Å²) in [5.74, 6) is 0.404. The highest BCUT2D eigenvalue weighted by Crippen LogP contribution is 2.27. The van der Waals surface area contributed by atoms with Crippen molar-refractivity contribution < 1.29 is 4.39 Å². The van der Waals surface area contributed by atoms with Gasteiger partial charge in [0.05, 0.1) is 11.2 Å². The molecule has 4 aromatic rings. The van der Waals surface area contributed by atoms with Crippen molar-refractivity contribution >= 4 is 10.9 Å². The second-order valence-corrected chi connectivity index (χ2v) is 5.19. The van der Waals surface area contributed by atoms with E-state index in [4.69, 9.17) is 0 Å². The Hall–Kier alpha value is -3.15. The van der Waals surface area contributed by atoms with Gasteiger partial charge in [-0.3, -0.25) is 4.98 Å². The van der Waals surface area contributed by atoms with Gasteiger partial charge in [-0.1, -0.05) is 6.07 Å². The van der Waals surface area contributed by atoms with Crippen LogP contribution in [0.2, 0.25) is 0 Å². The maximum Gasteiger partial charge on any atom is 0.160 e. The highest BCUT2D eigenvalue weighted by Gasteiger charge is 2.11. The quantitative estimate of drug-likeness (QED) is 0.570. The van der Waals surface area contributed by atoms with E-state index in [0.717, 1.165) is 11.2 Å². The van der Waals surface area contributed by atoms with Crippen LogP contribution < -0.4 is 0 Å². The van der Waals surface area contributed by atoms with Gasteiger partial charge in [0.1, 0.15) is 11.5 Å². The molecule has 0 saturated heterocycles. The van der Waals surface area contributed by atoms with Gasteiger partial charge in [0, 0.05) is 36.6 Å². The van der Waals surface area contributed by atoms with E-state index in [9.17, 15) is 4.39 Å². The number of aryl methyl sites for hydroxylation is 1. The summed E-state index contributed by atoms with van der Waals surface area (Å²) in [7, 11) is 1.89. The fourth-order valence-electron chi connectivity index (χ4n) is 2.56. The lowest BCUT2D eigenvalue weighted by molar-refractivity contribution is 0.630. The van der Waals surface area contributed by atoms with Crippen molar-refractivity contribution in [3.8, 4) is 22.8 Å². The van der Waals surface area contributed by atoms with Gasteiger partial charge in [0.2, 0.25) is 0 Å². The van der Waals surface area contributed by atoms with Gasteiger partial charge in [-0.15, -0.1) is 10.2 Å². The Balaban J connectivity index is 1.84. The minimum atomic E-state index is -0.324. The Morgan fingerprint density at radius 3 is 2.52 bits per heavy atom. The van der Waals surface area contributed by atoms with Gasteiger partial charge in [-0.2, -0.15) is 0 Å². The number of hydrogen-bond acceptors (Lipinski definition) is 4. The minimum Gasteiger partial charge on any atom is -0.333 e. The zero-order chi connectivity index (χ0) is 15.8. The zero-order valence-electron chi connectivity index (χ0n) is 12.3. The van der Waals surface area contributed by atoms with Crippen LogP contribution in [0.3, 0.4) is 0 Å². The fourth-order valence-corrected chi connectivity index (χ4v) is 2.56. The first kappa shape index (κ1) is 13.5. The summed E-state index contributed by atoms with van der Waals surface area (Å²) in [5, 5.41) is 9.17. The van der Waals surface area contributed by atoms with Gasteiger partial charge >= 0.3 is 0 Å². The molecule has 3 aromatic heterocycles. The number of rotatable bonds is 2. The second kappa shape index (κ2) is 5.24. The summed E-state index contributed by atoms with van der Waals surface area (Å²) in [6.45, 7) is 0. The van der Waals surface area contributed by atoms with Crippen molar-refractivity contribution in [1.82, 2.24) is 24.7 Å². The van der Waals surface area contributed by atoms with E-state index in [-0.39, 0.29) is 5.82 Å². The van der Waals surface area contributed by atoms with E-state index in [1.54, 1.807) is 24.5 Å². The number of pyridine rings is 1. The highest BCUT2D eigenvalue weighted by molar-refractivity contribution is 5.92. The molecular formula is C17H12FN5. The molecule has 0 amide bonds. The molecule has 0 N–H and O–H groups in total. The van der Waals surface area contributed by atoms with Crippen LogP contribution >= 0.6 is 0 Å². The molecule has 1 aromatic carbocycles. The Bertz CT molecular complexity index is 991. The summed E-state index contributed by atoms with van der Waals surface area (Å²) in [4.78, 5) is 8.57. The predicted octanol–water partition coefficient (Wildman–Crippen LogP) is 3.23. The molecule has 23 heavy (non-hydrogen) atoms. The first-order valence-electron chi connectivity index (χ1n) is 7.08. The van der Waals surface area contributed by atoms with Crippen LogP contribution in [0.4, 0.5) is 4.39 Å². The van der Waals surface area contributed by atoms with Gasteiger partial charge in [0.15, 0.2) is 5.82 Å². The lowest BCUT2D eigenvalue weighted by Crippen LogP contribution is -1.97. The number of hydrogen-bond donors (Lipinski definition) is 0. The van der Waals surface area contributed by atoms with Crippen LogP contribution in [0, 0.1) is 5.82 Å². The number of nitrogens with zero attached hydrogens (tertiary/aromatic N) is 5. The number of fused-ring (bicyclic) bond motifs is 1. The molecule has 0 unspecified atom stereocenters. The van der Waals surface area contributed by atoms with E-state index in [1.807, 2.05) is 29.9 Å². The largest absolute Gasteiger partial charge is 0.333 e. The Labute approximate surface area is 131 Å². The monoisotopic (exact) mass is 305 g/mol. The normalized spacial score (nSPS) is 11.0. The number of aromatic nitrogens is 5. The highest BCUT2D eigenvalue weighted by atomic mass is 19.1. The fraction of sp³-hybridized carbons (Fsp3) is 0.0588. The summed E-state index contributed by atoms with van der Waals surface area (Å²) >= 11 is 0. The van der Waals surface area contributed by atoms with Gasteiger partial charge in [-0.25, -0.2) is 9.37 Å². The van der Waals surface area contributed by atoms with E-state index in [2.05, 4.69) is 20.2 Å². The van der Waals surface area contributed by atoms with Crippen LogP contribution in [0.15, 0.2) is 55.0 Å². The van der Waals surface area contributed by atoms with Crippen molar-refractivity contribution in [2.75, 3.05) is 0 Å². The molecule has 0 atom stereocenters. The third-order valence-corrected chi connectivity index (χ3v) is 3.66. The molecule has 0 bridgehead atoms. The molecule has 3 heterocycles. The van der Waals surface area contributed by atoms with E-state index < -0.39 is 0 Å². The molecule has 4 rings (SSSR count). The smallest absolute Gasteiger partial charge is 0.160 e. The number of imidazole rings is 1. The van der Waals surface area contributed by atoms with E-state index in [1.165, 1.54) is 12.1 Å². The molecule has 0 spiro atoms. The lowest BCUT2D eigenvalue weighted by Gasteiger charge is -2.06. The Kier molecular flexibility index (Phi) is 3.08. The van der Waals surface area contributed by atoms with Crippen LogP contribution in [-0.2, 0) is 7.05 Å². The Morgan fingerprint density at radius 1 is 0.957 bits per heavy atom. The SMILES string of the molecule is Cn1ccnc1-c1ccc(-c2cc(F)cc3cccnc23)nn1. The molecular weight excluding hydrogens is 293 g/mol. The average molecular weight is 305 g/mol. The van der Waals surface area contributed by atoms with Crippen LogP contribution in [-0.4, -0.2) is 24.7 Å². The van der Waals surface area contributed by atoms with Crippen molar-refractivity contribution in [2.45, 2.75) is 0 Å². The third-order valence-electron chi connectivity index (χ3n) is 3.66. The summed E-state index contributed by atoms with van der Waals surface area (Å²) in [6.07, 6.45) is 5.23. The first-order valence-corrected chi connectivity index (χ1v) is 7.08. The van der Waals surface area contributed by atoms with E-state index in [0.29, 0.717) is 22.5 Å². The van der Waals surface area contributed by atoms with Gasteiger partial charge < -0.3 is 4.57 Å². The maximum absolute atomic E-state index is 13.8. The van der Waals surface area contributed by atoms with Gasteiger partial charge in [0.25, 0.3) is 0 Å². The molecule has 112 valence electrons. The summed E-state index contributed by atoms with van der Waals surface area (Å²) < 4.78 is 15.7. The van der Waals surface area contributed by atoms with Crippen LogP contribution in [0.1, 0.15) is 0 Å². The molecule has 0 radical (unpaired) electrons. The summed E-state index contributed by atoms with van der Waals surface area (Å²) in [6, 6.07) is 10.1. The third kappa shape index (κ3) is 2.34. The topological polar surface area (TPSA) is 56.5 Å². The molecule has 5 nitrogen and oxygen atoms in total. The average Bonchev–Trinajstić information content (AvgIpc) is 3.00. The first-order chi connectivity index (χ1) is 11.2. The molecule has 0 aliphatic rings. The van der Waals surface area contributed by atoms with Crippen molar-refractivity contribution in [3.05, 3.63) is 60.8 Å². The van der Waals surface area contributed by atoms with Crippen molar-refractivity contribution in [2.24, 2.45) is 7.05 Å². The predicted molar refractivity (Wildman–Crippen MR) is 84.9 cm³/mol. The van der Waals surface area contributed by atoms with Crippen LogP contribution in [0.5, 0.6) is 0 Å². The zero-order valence-corrected chi connectivity index (χ0v) is 12.3. The van der Waals surface area contributed by atoms with Crippen LogP contribution in [0.25, 0.3) is 33.7 Å². The molecule has 0 fully saturated rings.